The van der Waals surface area contributed by atoms with Gasteiger partial charge in [0, 0.05) is 5.41 Å². The van der Waals surface area contributed by atoms with E-state index in [4.69, 9.17) is 9.47 Å². The van der Waals surface area contributed by atoms with Crippen LogP contribution in [0.3, 0.4) is 0 Å². The Balaban J connectivity index is 1.95. The summed E-state index contributed by atoms with van der Waals surface area (Å²) in [6.45, 7) is 3.52. The van der Waals surface area contributed by atoms with Crippen LogP contribution in [0.4, 0.5) is 0 Å². The Hall–Kier alpha value is -0.790. The molecule has 3 fully saturated rings. The van der Waals surface area contributed by atoms with Crippen LogP contribution in [-0.2, 0) is 14.3 Å². The number of hydrogen-bond acceptors (Lipinski definition) is 6. The van der Waals surface area contributed by atoms with Crippen molar-refractivity contribution in [1.29, 1.82) is 0 Å². The molecule has 0 aromatic carbocycles. The van der Waals surface area contributed by atoms with E-state index in [-0.39, 0.29) is 0 Å². The predicted molar refractivity (Wildman–Crippen MR) is 70.4 cm³/mol. The van der Waals surface area contributed by atoms with E-state index < -0.39 is 53.2 Å². The van der Waals surface area contributed by atoms with E-state index in [0.29, 0.717) is 18.6 Å². The lowest BCUT2D eigenvalue weighted by molar-refractivity contribution is -0.217. The third-order valence-corrected chi connectivity index (χ3v) is 6.36. The summed E-state index contributed by atoms with van der Waals surface area (Å²) >= 11 is 0. The first kappa shape index (κ1) is 13.8. The second kappa shape index (κ2) is 3.75. The van der Waals surface area contributed by atoms with Crippen molar-refractivity contribution in [2.75, 3.05) is 13.2 Å². The molecule has 7 atom stereocenters. The number of ketones is 1. The van der Waals surface area contributed by atoms with Crippen molar-refractivity contribution in [3.05, 3.63) is 11.6 Å². The number of Topliss-reactive ketones (excluding diaryl/α,β-unsaturated/α-hetero) is 1. The van der Waals surface area contributed by atoms with Gasteiger partial charge in [0.15, 0.2) is 5.78 Å². The fraction of sp³-hybridized carbons (Fsp3) is 0.800. The van der Waals surface area contributed by atoms with Gasteiger partial charge >= 0.3 is 0 Å². The first-order valence-electron chi connectivity index (χ1n) is 7.33. The fourth-order valence-corrected chi connectivity index (χ4v) is 4.95. The highest BCUT2D eigenvalue weighted by Gasteiger charge is 2.83. The first-order chi connectivity index (χ1) is 9.84. The zero-order valence-electron chi connectivity index (χ0n) is 12.1. The van der Waals surface area contributed by atoms with E-state index in [1.165, 1.54) is 0 Å². The number of aliphatic hydroxyl groups is 3. The summed E-state index contributed by atoms with van der Waals surface area (Å²) in [6, 6.07) is 0. The van der Waals surface area contributed by atoms with E-state index in [9.17, 15) is 20.1 Å². The van der Waals surface area contributed by atoms with Crippen molar-refractivity contribution in [1.82, 2.24) is 0 Å². The van der Waals surface area contributed by atoms with Crippen LogP contribution in [0.25, 0.3) is 0 Å². The fourth-order valence-electron chi connectivity index (χ4n) is 4.95. The van der Waals surface area contributed by atoms with E-state index in [1.54, 1.807) is 13.0 Å². The molecule has 0 aromatic heterocycles. The number of rotatable bonds is 1. The van der Waals surface area contributed by atoms with Gasteiger partial charge in [-0.05, 0) is 18.9 Å². The molecule has 1 saturated carbocycles. The van der Waals surface area contributed by atoms with Gasteiger partial charge in [0.25, 0.3) is 0 Å². The van der Waals surface area contributed by atoms with E-state index >= 15 is 0 Å². The predicted octanol–water partition coefficient (Wildman–Crippen LogP) is -0.838. The Morgan fingerprint density at radius 3 is 2.67 bits per heavy atom. The van der Waals surface area contributed by atoms with Crippen LogP contribution in [0.15, 0.2) is 11.6 Å². The molecular weight excluding hydrogens is 276 g/mol. The van der Waals surface area contributed by atoms with Crippen molar-refractivity contribution < 1.29 is 29.6 Å². The van der Waals surface area contributed by atoms with Crippen LogP contribution in [0.2, 0.25) is 0 Å². The molecule has 4 aliphatic rings. The van der Waals surface area contributed by atoms with E-state index in [2.05, 4.69) is 0 Å². The first-order valence-corrected chi connectivity index (χ1v) is 7.33. The maximum absolute atomic E-state index is 12.9. The molecule has 1 spiro atoms. The van der Waals surface area contributed by atoms with Crippen molar-refractivity contribution in [3.8, 4) is 0 Å². The van der Waals surface area contributed by atoms with Gasteiger partial charge < -0.3 is 24.8 Å². The molecule has 0 radical (unpaired) electrons. The molecule has 3 N–H and O–H groups in total. The molecule has 0 aromatic rings. The summed E-state index contributed by atoms with van der Waals surface area (Å²) < 4.78 is 11.6. The molecule has 116 valence electrons. The lowest BCUT2D eigenvalue weighted by Gasteiger charge is -2.56. The summed E-state index contributed by atoms with van der Waals surface area (Å²) in [7, 11) is 0. The molecule has 4 rings (SSSR count). The maximum Gasteiger partial charge on any atom is 0.177 e. The van der Waals surface area contributed by atoms with Gasteiger partial charge in [0.05, 0.1) is 30.8 Å². The summed E-state index contributed by atoms with van der Waals surface area (Å²) in [5.41, 5.74) is -2.22. The maximum atomic E-state index is 12.9. The third kappa shape index (κ3) is 1.22. The highest BCUT2D eigenvalue weighted by atomic mass is 16.6. The molecule has 6 heteroatoms. The minimum atomic E-state index is -1.27. The highest BCUT2D eigenvalue weighted by Crippen LogP contribution is 2.70. The number of epoxide rings is 1. The van der Waals surface area contributed by atoms with Gasteiger partial charge in [-0.3, -0.25) is 4.79 Å². The Bertz CT molecular complexity index is 552. The molecular formula is C15H20O6. The Labute approximate surface area is 122 Å². The largest absolute Gasteiger partial charge is 0.395 e. The van der Waals surface area contributed by atoms with Crippen molar-refractivity contribution in [3.63, 3.8) is 0 Å². The summed E-state index contributed by atoms with van der Waals surface area (Å²) in [4.78, 5) is 12.9. The van der Waals surface area contributed by atoms with Gasteiger partial charge in [0.1, 0.15) is 17.8 Å². The lowest BCUT2D eigenvalue weighted by Crippen LogP contribution is -2.69. The lowest BCUT2D eigenvalue weighted by atomic mass is 9.51. The van der Waals surface area contributed by atoms with Gasteiger partial charge in [-0.2, -0.15) is 0 Å². The average Bonchev–Trinajstić information content (AvgIpc) is 3.20. The summed E-state index contributed by atoms with van der Waals surface area (Å²) in [5, 5.41) is 30.6. The minimum Gasteiger partial charge on any atom is -0.395 e. The quantitative estimate of drug-likeness (QED) is 0.431. The summed E-state index contributed by atoms with van der Waals surface area (Å²) in [5.74, 6) is -0.431. The van der Waals surface area contributed by atoms with Crippen LogP contribution >= 0.6 is 0 Å². The van der Waals surface area contributed by atoms with Crippen molar-refractivity contribution in [2.45, 2.75) is 50.3 Å². The van der Waals surface area contributed by atoms with Crippen LogP contribution in [-0.4, -0.2) is 64.3 Å². The number of fused-ring (bicyclic) bond motifs is 2. The SMILES string of the molecule is CC1=C[C@H]2O[C@@H]3[C@H](O)C[C@@](C)([C@]34CO4)[C@@]2(CO)C(=O)C1O. The second-order valence-corrected chi connectivity index (χ2v) is 7.07. The topological polar surface area (TPSA) is 99.5 Å². The van der Waals surface area contributed by atoms with Gasteiger partial charge in [-0.1, -0.05) is 13.0 Å². The smallest absolute Gasteiger partial charge is 0.177 e. The monoisotopic (exact) mass is 296 g/mol. The number of ether oxygens (including phenoxy) is 2. The van der Waals surface area contributed by atoms with Gasteiger partial charge in [-0.25, -0.2) is 0 Å². The molecule has 2 saturated heterocycles. The van der Waals surface area contributed by atoms with Crippen LogP contribution in [0.5, 0.6) is 0 Å². The molecule has 2 aliphatic carbocycles. The molecule has 1 unspecified atom stereocenters. The average molecular weight is 296 g/mol. The molecule has 6 nitrogen and oxygen atoms in total. The number of hydrogen-bond donors (Lipinski definition) is 3. The molecule has 2 aliphatic heterocycles. The number of carbonyl (C=O) groups is 1. The number of carbonyl (C=O) groups excluding carboxylic acids is 1. The Morgan fingerprint density at radius 2 is 2.10 bits per heavy atom. The minimum absolute atomic E-state index is 0.320. The number of aliphatic hydroxyl groups excluding tert-OH is 3. The van der Waals surface area contributed by atoms with Crippen molar-refractivity contribution >= 4 is 5.78 Å². The van der Waals surface area contributed by atoms with Crippen LogP contribution in [0.1, 0.15) is 20.3 Å². The molecule has 21 heavy (non-hydrogen) atoms. The van der Waals surface area contributed by atoms with Gasteiger partial charge in [-0.15, -0.1) is 0 Å². The van der Waals surface area contributed by atoms with E-state index in [0.717, 1.165) is 0 Å². The Morgan fingerprint density at radius 1 is 1.43 bits per heavy atom. The molecule has 2 heterocycles. The summed E-state index contributed by atoms with van der Waals surface area (Å²) in [6.07, 6.45) is -1.07. The third-order valence-electron chi connectivity index (χ3n) is 6.36. The van der Waals surface area contributed by atoms with Crippen molar-refractivity contribution in [2.24, 2.45) is 10.8 Å². The van der Waals surface area contributed by atoms with E-state index in [1.807, 2.05) is 6.92 Å². The standard InChI is InChI=1S/C15H20O6/c1-7-3-9-14(5-16,11(19)10(7)18)13(2)4-8(17)12(21-9)15(13)6-20-15/h3,8-10,12,16-18H,4-6H2,1-2H3/t8-,9-,10?,12-,13-,14-,15+/m1/s1. The van der Waals surface area contributed by atoms with Gasteiger partial charge in [0.2, 0.25) is 0 Å². The Kier molecular flexibility index (Phi) is 2.47. The molecule has 2 bridgehead atoms. The van der Waals surface area contributed by atoms with Crippen LogP contribution < -0.4 is 0 Å². The molecule has 0 amide bonds. The highest BCUT2D eigenvalue weighted by molar-refractivity contribution is 5.95. The second-order valence-electron chi connectivity index (χ2n) is 7.07. The van der Waals surface area contributed by atoms with Crippen LogP contribution in [0, 0.1) is 10.8 Å². The zero-order valence-corrected chi connectivity index (χ0v) is 12.1. The normalized spacial score (nSPS) is 58.1. The zero-order chi connectivity index (χ0) is 15.2.